The lowest BCUT2D eigenvalue weighted by molar-refractivity contribution is -0.113. The summed E-state index contributed by atoms with van der Waals surface area (Å²) < 4.78 is 0. The molecule has 0 spiro atoms. The molecule has 0 aliphatic heterocycles. The molecule has 0 unspecified atom stereocenters. The van der Waals surface area contributed by atoms with Crippen LogP contribution in [0.1, 0.15) is 46.6 Å². The molecule has 0 saturated carbocycles. The molecular formula is C25H27N3O. The van der Waals surface area contributed by atoms with Gasteiger partial charge >= 0.3 is 0 Å². The largest absolute Gasteiger partial charge is 0.305 e. The zero-order valence-corrected chi connectivity index (χ0v) is 17.4. The Labute approximate surface area is 173 Å². The smallest absolute Gasteiger partial charge is 0.287 e. The fourth-order valence-electron chi connectivity index (χ4n) is 4.12. The summed E-state index contributed by atoms with van der Waals surface area (Å²) in [5.74, 6) is -0.265. The molecule has 0 aromatic heterocycles. The van der Waals surface area contributed by atoms with Crippen molar-refractivity contribution in [3.8, 4) is 6.07 Å². The number of aliphatic imine (C=N–C) groups is 1. The van der Waals surface area contributed by atoms with Gasteiger partial charge in [-0.05, 0) is 80.7 Å². The van der Waals surface area contributed by atoms with Gasteiger partial charge in [-0.15, -0.1) is 0 Å². The second-order valence-electron chi connectivity index (χ2n) is 8.01. The molecule has 1 amide bonds. The molecule has 148 valence electrons. The van der Waals surface area contributed by atoms with Crippen molar-refractivity contribution in [3.05, 3.63) is 75.9 Å². The number of carbonyl (C=O) groups excluding carboxylic acids is 1. The van der Waals surface area contributed by atoms with Crippen LogP contribution in [0.3, 0.4) is 0 Å². The Balaban J connectivity index is 1.98. The quantitative estimate of drug-likeness (QED) is 0.412. The van der Waals surface area contributed by atoms with Gasteiger partial charge in [0.25, 0.3) is 5.91 Å². The van der Waals surface area contributed by atoms with Gasteiger partial charge in [0.2, 0.25) is 0 Å². The number of benzene rings is 2. The van der Waals surface area contributed by atoms with Gasteiger partial charge in [-0.3, -0.25) is 4.79 Å². The van der Waals surface area contributed by atoms with E-state index in [2.05, 4.69) is 55.0 Å². The number of hydrogen-bond acceptors (Lipinski definition) is 3. The molecule has 0 saturated heterocycles. The van der Waals surface area contributed by atoms with Crippen LogP contribution in [-0.4, -0.2) is 31.6 Å². The minimum atomic E-state index is -0.553. The van der Waals surface area contributed by atoms with E-state index in [9.17, 15) is 10.1 Å². The van der Waals surface area contributed by atoms with Crippen molar-refractivity contribution in [2.45, 2.75) is 38.6 Å². The molecule has 4 heteroatoms. The lowest BCUT2D eigenvalue weighted by atomic mass is 9.87. The normalized spacial score (nSPS) is 16.2. The molecule has 0 N–H and O–H groups in total. The Kier molecular flexibility index (Phi) is 6.41. The summed E-state index contributed by atoms with van der Waals surface area (Å²) in [6, 6.07) is 16.8. The summed E-state index contributed by atoms with van der Waals surface area (Å²) >= 11 is 0. The van der Waals surface area contributed by atoms with Crippen molar-refractivity contribution in [1.29, 1.82) is 5.26 Å². The SMILES string of the molecule is C=NC(=O)/C(C#N)=C(\C[C@H]1CCc2cc(CN(C)C)ccc21)c1ccc(C)cc1. The van der Waals surface area contributed by atoms with Crippen molar-refractivity contribution in [1.82, 2.24) is 4.90 Å². The first-order valence-electron chi connectivity index (χ1n) is 9.90. The molecule has 3 rings (SSSR count). The van der Waals surface area contributed by atoms with E-state index in [1.54, 1.807) is 0 Å². The maximum Gasteiger partial charge on any atom is 0.287 e. The predicted octanol–water partition coefficient (Wildman–Crippen LogP) is 4.68. The van der Waals surface area contributed by atoms with Crippen molar-refractivity contribution in [2.75, 3.05) is 14.1 Å². The van der Waals surface area contributed by atoms with Crippen LogP contribution in [0.15, 0.2) is 53.0 Å². The van der Waals surface area contributed by atoms with Crippen LogP contribution in [0.2, 0.25) is 0 Å². The second-order valence-corrected chi connectivity index (χ2v) is 8.01. The topological polar surface area (TPSA) is 56.5 Å². The lowest BCUT2D eigenvalue weighted by Crippen LogP contribution is -2.10. The van der Waals surface area contributed by atoms with Gasteiger partial charge in [-0.1, -0.05) is 48.0 Å². The van der Waals surface area contributed by atoms with Gasteiger partial charge < -0.3 is 4.90 Å². The number of carbonyl (C=O) groups is 1. The summed E-state index contributed by atoms with van der Waals surface area (Å²) in [5, 5.41) is 9.68. The third-order valence-corrected chi connectivity index (χ3v) is 5.53. The van der Waals surface area contributed by atoms with Gasteiger partial charge in [0, 0.05) is 6.54 Å². The molecule has 0 bridgehead atoms. The van der Waals surface area contributed by atoms with Gasteiger partial charge in [0.1, 0.15) is 11.6 Å². The number of aryl methyl sites for hydroxylation is 2. The van der Waals surface area contributed by atoms with Gasteiger partial charge in [-0.25, -0.2) is 4.99 Å². The Bertz CT molecular complexity index is 994. The maximum absolute atomic E-state index is 12.3. The van der Waals surface area contributed by atoms with Crippen molar-refractivity contribution >= 4 is 18.2 Å². The predicted molar refractivity (Wildman–Crippen MR) is 118 cm³/mol. The molecule has 1 aliphatic carbocycles. The van der Waals surface area contributed by atoms with Crippen LogP contribution >= 0.6 is 0 Å². The molecule has 1 aliphatic rings. The summed E-state index contributed by atoms with van der Waals surface area (Å²) in [4.78, 5) is 18.0. The molecule has 0 heterocycles. The van der Waals surface area contributed by atoms with E-state index >= 15 is 0 Å². The highest BCUT2D eigenvalue weighted by molar-refractivity contribution is 6.06. The van der Waals surface area contributed by atoms with E-state index in [0.29, 0.717) is 6.42 Å². The molecular weight excluding hydrogens is 358 g/mol. The van der Waals surface area contributed by atoms with Crippen LogP contribution in [0.4, 0.5) is 0 Å². The highest BCUT2D eigenvalue weighted by Crippen LogP contribution is 2.41. The van der Waals surface area contributed by atoms with Crippen LogP contribution in [0.5, 0.6) is 0 Å². The van der Waals surface area contributed by atoms with Gasteiger partial charge in [0.05, 0.1) is 0 Å². The lowest BCUT2D eigenvalue weighted by Gasteiger charge is -2.17. The zero-order chi connectivity index (χ0) is 21.0. The van der Waals surface area contributed by atoms with E-state index in [1.807, 2.05) is 31.2 Å². The summed E-state index contributed by atoms with van der Waals surface area (Å²) in [5.41, 5.74) is 6.92. The first-order chi connectivity index (χ1) is 13.9. The Morgan fingerprint density at radius 1 is 1.24 bits per heavy atom. The molecule has 4 nitrogen and oxygen atoms in total. The van der Waals surface area contributed by atoms with Crippen LogP contribution in [0, 0.1) is 18.3 Å². The minimum Gasteiger partial charge on any atom is -0.305 e. The highest BCUT2D eigenvalue weighted by atomic mass is 16.1. The first-order valence-corrected chi connectivity index (χ1v) is 9.90. The highest BCUT2D eigenvalue weighted by Gasteiger charge is 2.26. The first kappa shape index (κ1) is 20.7. The molecule has 29 heavy (non-hydrogen) atoms. The van der Waals surface area contributed by atoms with E-state index in [0.717, 1.165) is 36.1 Å². The molecule has 2 aromatic carbocycles. The van der Waals surface area contributed by atoms with E-state index in [4.69, 9.17) is 0 Å². The second kappa shape index (κ2) is 8.98. The third kappa shape index (κ3) is 4.70. The number of nitrogens with zero attached hydrogens (tertiary/aromatic N) is 3. The Hall–Kier alpha value is -3.03. The monoisotopic (exact) mass is 385 g/mol. The van der Waals surface area contributed by atoms with Crippen molar-refractivity contribution < 1.29 is 4.79 Å². The molecule has 2 aromatic rings. The fourth-order valence-corrected chi connectivity index (χ4v) is 4.12. The fraction of sp³-hybridized carbons (Fsp3) is 0.320. The summed E-state index contributed by atoms with van der Waals surface area (Å²) in [6.07, 6.45) is 2.69. The standard InChI is InChI=1S/C25H27N3O/c1-17-5-8-19(9-6-17)23(24(15-26)25(29)27-2)14-21-11-10-20-13-18(16-28(3)4)7-12-22(20)21/h5-9,12-13,21H,2,10-11,14,16H2,1,3-4H3/b24-23+/t21-/m1/s1. The Morgan fingerprint density at radius 3 is 2.59 bits per heavy atom. The third-order valence-electron chi connectivity index (χ3n) is 5.53. The molecule has 0 fully saturated rings. The van der Waals surface area contributed by atoms with E-state index in [1.165, 1.54) is 16.7 Å². The van der Waals surface area contributed by atoms with E-state index < -0.39 is 5.91 Å². The van der Waals surface area contributed by atoms with E-state index in [-0.39, 0.29) is 11.5 Å². The van der Waals surface area contributed by atoms with Crippen molar-refractivity contribution in [3.63, 3.8) is 0 Å². The zero-order valence-electron chi connectivity index (χ0n) is 17.4. The molecule has 1 atom stereocenters. The summed E-state index contributed by atoms with van der Waals surface area (Å²) in [7, 11) is 4.14. The summed E-state index contributed by atoms with van der Waals surface area (Å²) in [6.45, 7) is 6.27. The number of rotatable bonds is 6. The van der Waals surface area contributed by atoms with Gasteiger partial charge in [-0.2, -0.15) is 5.26 Å². The van der Waals surface area contributed by atoms with Crippen LogP contribution < -0.4 is 0 Å². The van der Waals surface area contributed by atoms with Crippen LogP contribution in [0.25, 0.3) is 5.57 Å². The number of nitriles is 1. The number of fused-ring (bicyclic) bond motifs is 1. The maximum atomic E-state index is 12.3. The average Bonchev–Trinajstić information content (AvgIpc) is 3.09. The number of hydrogen-bond donors (Lipinski definition) is 0. The number of allylic oxidation sites excluding steroid dienone is 1. The van der Waals surface area contributed by atoms with Crippen LogP contribution in [-0.2, 0) is 17.8 Å². The Morgan fingerprint density at radius 2 is 1.97 bits per heavy atom. The minimum absolute atomic E-state index is 0.0986. The molecule has 0 radical (unpaired) electrons. The number of amides is 1. The van der Waals surface area contributed by atoms with Gasteiger partial charge in [0.15, 0.2) is 0 Å². The average molecular weight is 386 g/mol. The van der Waals surface area contributed by atoms with Crippen molar-refractivity contribution in [2.24, 2.45) is 4.99 Å².